The molecule has 7 heteroatoms. The quantitative estimate of drug-likeness (QED) is 0.671. The van der Waals surface area contributed by atoms with E-state index in [-0.39, 0.29) is 5.91 Å². The van der Waals surface area contributed by atoms with Gasteiger partial charge in [0.05, 0.1) is 14.2 Å². The molecule has 3 aromatic rings. The molecule has 1 aromatic heterocycles. The fourth-order valence-corrected chi connectivity index (χ4v) is 2.73. The predicted molar refractivity (Wildman–Crippen MR) is 109 cm³/mol. The molecule has 0 fully saturated rings. The zero-order valence-corrected chi connectivity index (χ0v) is 16.2. The lowest BCUT2D eigenvalue weighted by Gasteiger charge is -2.11. The van der Waals surface area contributed by atoms with Gasteiger partial charge in [-0.3, -0.25) is 4.79 Å². The van der Waals surface area contributed by atoms with Gasteiger partial charge in [-0.15, -0.1) is 0 Å². The van der Waals surface area contributed by atoms with E-state index in [9.17, 15) is 4.79 Å². The average Bonchev–Trinajstić information content (AvgIpc) is 2.68. The fraction of sp³-hybridized carbons (Fsp3) is 0.190. The first kappa shape index (κ1) is 19.2. The van der Waals surface area contributed by atoms with Gasteiger partial charge in [0.2, 0.25) is 5.95 Å². The van der Waals surface area contributed by atoms with Crippen molar-refractivity contribution >= 4 is 23.2 Å². The number of ether oxygens (including phenoxy) is 2. The monoisotopic (exact) mass is 378 g/mol. The Morgan fingerprint density at radius 2 is 1.43 bits per heavy atom. The number of hydrogen-bond donors (Lipinski definition) is 2. The van der Waals surface area contributed by atoms with Crippen LogP contribution in [0.3, 0.4) is 0 Å². The van der Waals surface area contributed by atoms with Crippen LogP contribution in [0.2, 0.25) is 0 Å². The van der Waals surface area contributed by atoms with Crippen molar-refractivity contribution in [2.24, 2.45) is 0 Å². The van der Waals surface area contributed by atoms with Crippen LogP contribution in [0.25, 0.3) is 0 Å². The normalized spacial score (nSPS) is 10.3. The SMILES string of the molecule is COc1ccc(C(=O)Nc2ccc(Nc3nc(C)cc(C)n3)cc2)cc1OC. The molecule has 0 saturated heterocycles. The Kier molecular flexibility index (Phi) is 5.74. The molecule has 0 aliphatic carbocycles. The molecule has 1 heterocycles. The lowest BCUT2D eigenvalue weighted by atomic mass is 10.1. The third kappa shape index (κ3) is 4.56. The van der Waals surface area contributed by atoms with E-state index in [0.717, 1.165) is 17.1 Å². The van der Waals surface area contributed by atoms with Crippen LogP contribution in [0, 0.1) is 13.8 Å². The van der Waals surface area contributed by atoms with Gasteiger partial charge in [-0.25, -0.2) is 9.97 Å². The summed E-state index contributed by atoms with van der Waals surface area (Å²) >= 11 is 0. The summed E-state index contributed by atoms with van der Waals surface area (Å²) in [4.78, 5) is 21.2. The number of aryl methyl sites for hydroxylation is 2. The highest BCUT2D eigenvalue weighted by Crippen LogP contribution is 2.28. The summed E-state index contributed by atoms with van der Waals surface area (Å²) in [6.07, 6.45) is 0. The summed E-state index contributed by atoms with van der Waals surface area (Å²) in [6.45, 7) is 3.85. The second kappa shape index (κ2) is 8.39. The molecule has 3 rings (SSSR count). The van der Waals surface area contributed by atoms with Crippen molar-refractivity contribution in [1.82, 2.24) is 9.97 Å². The maximum atomic E-state index is 12.5. The molecule has 0 radical (unpaired) electrons. The van der Waals surface area contributed by atoms with Crippen molar-refractivity contribution in [3.05, 3.63) is 65.5 Å². The van der Waals surface area contributed by atoms with Crippen LogP contribution in [0.15, 0.2) is 48.5 Å². The van der Waals surface area contributed by atoms with E-state index in [1.807, 2.05) is 44.2 Å². The van der Waals surface area contributed by atoms with Gasteiger partial charge in [0, 0.05) is 28.3 Å². The van der Waals surface area contributed by atoms with Gasteiger partial charge in [0.1, 0.15) is 0 Å². The Labute approximate surface area is 163 Å². The van der Waals surface area contributed by atoms with Crippen molar-refractivity contribution in [3.63, 3.8) is 0 Å². The molecular weight excluding hydrogens is 356 g/mol. The minimum atomic E-state index is -0.237. The highest BCUT2D eigenvalue weighted by Gasteiger charge is 2.11. The van der Waals surface area contributed by atoms with Gasteiger partial charge in [-0.2, -0.15) is 0 Å². The summed E-state index contributed by atoms with van der Waals surface area (Å²) in [5, 5.41) is 6.02. The Bertz CT molecular complexity index is 967. The van der Waals surface area contributed by atoms with Gasteiger partial charge in [-0.1, -0.05) is 0 Å². The Hall–Kier alpha value is -3.61. The van der Waals surface area contributed by atoms with Crippen molar-refractivity contribution in [2.45, 2.75) is 13.8 Å². The number of carbonyl (C=O) groups is 1. The van der Waals surface area contributed by atoms with Crippen LogP contribution in [0.1, 0.15) is 21.7 Å². The second-order valence-corrected chi connectivity index (χ2v) is 6.20. The molecule has 0 atom stereocenters. The number of methoxy groups -OCH3 is 2. The largest absolute Gasteiger partial charge is 0.493 e. The van der Waals surface area contributed by atoms with E-state index in [4.69, 9.17) is 9.47 Å². The first-order chi connectivity index (χ1) is 13.5. The minimum Gasteiger partial charge on any atom is -0.493 e. The summed E-state index contributed by atoms with van der Waals surface area (Å²) in [6, 6.07) is 14.3. The van der Waals surface area contributed by atoms with E-state index in [0.29, 0.717) is 28.7 Å². The molecule has 0 aliphatic heterocycles. The number of anilines is 3. The molecule has 28 heavy (non-hydrogen) atoms. The van der Waals surface area contributed by atoms with Gasteiger partial charge < -0.3 is 20.1 Å². The number of rotatable bonds is 6. The molecular formula is C21H22N4O3. The average molecular weight is 378 g/mol. The molecule has 2 aromatic carbocycles. The third-order valence-electron chi connectivity index (χ3n) is 4.03. The maximum Gasteiger partial charge on any atom is 0.255 e. The number of amides is 1. The summed E-state index contributed by atoms with van der Waals surface area (Å²) in [7, 11) is 3.08. The van der Waals surface area contributed by atoms with Crippen molar-refractivity contribution < 1.29 is 14.3 Å². The van der Waals surface area contributed by atoms with Gasteiger partial charge in [0.15, 0.2) is 11.5 Å². The second-order valence-electron chi connectivity index (χ2n) is 6.20. The summed E-state index contributed by atoms with van der Waals surface area (Å²) in [5.74, 6) is 1.38. The zero-order valence-electron chi connectivity index (χ0n) is 16.2. The third-order valence-corrected chi connectivity index (χ3v) is 4.03. The Morgan fingerprint density at radius 1 is 0.821 bits per heavy atom. The Balaban J connectivity index is 1.69. The number of carbonyl (C=O) groups excluding carboxylic acids is 1. The molecule has 0 unspecified atom stereocenters. The molecule has 1 amide bonds. The number of benzene rings is 2. The zero-order chi connectivity index (χ0) is 20.1. The van der Waals surface area contributed by atoms with Crippen molar-refractivity contribution in [1.29, 1.82) is 0 Å². The molecule has 7 nitrogen and oxygen atoms in total. The van der Waals surface area contributed by atoms with Crippen molar-refractivity contribution in [3.8, 4) is 11.5 Å². The van der Waals surface area contributed by atoms with Crippen LogP contribution < -0.4 is 20.1 Å². The van der Waals surface area contributed by atoms with E-state index in [2.05, 4.69) is 20.6 Å². The van der Waals surface area contributed by atoms with Gasteiger partial charge in [0.25, 0.3) is 5.91 Å². The highest BCUT2D eigenvalue weighted by molar-refractivity contribution is 6.04. The molecule has 0 aliphatic rings. The standard InChI is InChI=1S/C21H22N4O3/c1-13-11-14(2)23-21(22-13)25-17-8-6-16(7-9-17)24-20(26)15-5-10-18(27-3)19(12-15)28-4/h5-12H,1-4H3,(H,24,26)(H,22,23,25). The van der Waals surface area contributed by atoms with Crippen LogP contribution in [-0.4, -0.2) is 30.1 Å². The number of nitrogens with zero attached hydrogens (tertiary/aromatic N) is 2. The minimum absolute atomic E-state index is 0.237. The van der Waals surface area contributed by atoms with E-state index < -0.39 is 0 Å². The smallest absolute Gasteiger partial charge is 0.255 e. The summed E-state index contributed by atoms with van der Waals surface area (Å²) < 4.78 is 10.4. The van der Waals surface area contributed by atoms with Crippen LogP contribution in [0.5, 0.6) is 11.5 Å². The lowest BCUT2D eigenvalue weighted by molar-refractivity contribution is 0.102. The number of hydrogen-bond acceptors (Lipinski definition) is 6. The molecule has 144 valence electrons. The molecule has 2 N–H and O–H groups in total. The fourth-order valence-electron chi connectivity index (χ4n) is 2.73. The van der Waals surface area contributed by atoms with Crippen LogP contribution in [0.4, 0.5) is 17.3 Å². The highest BCUT2D eigenvalue weighted by atomic mass is 16.5. The van der Waals surface area contributed by atoms with E-state index >= 15 is 0 Å². The first-order valence-corrected chi connectivity index (χ1v) is 8.71. The number of aromatic nitrogens is 2. The van der Waals surface area contributed by atoms with Gasteiger partial charge in [-0.05, 0) is 62.4 Å². The maximum absolute atomic E-state index is 12.5. The molecule has 0 bridgehead atoms. The molecule has 0 saturated carbocycles. The van der Waals surface area contributed by atoms with Crippen molar-refractivity contribution in [2.75, 3.05) is 24.9 Å². The Morgan fingerprint density at radius 3 is 2.04 bits per heavy atom. The van der Waals surface area contributed by atoms with Crippen LogP contribution >= 0.6 is 0 Å². The summed E-state index contributed by atoms with van der Waals surface area (Å²) in [5.41, 5.74) is 3.77. The van der Waals surface area contributed by atoms with Gasteiger partial charge >= 0.3 is 0 Å². The van der Waals surface area contributed by atoms with E-state index in [1.54, 1.807) is 25.3 Å². The van der Waals surface area contributed by atoms with E-state index in [1.165, 1.54) is 7.11 Å². The first-order valence-electron chi connectivity index (χ1n) is 8.71. The lowest BCUT2D eigenvalue weighted by Crippen LogP contribution is -2.12. The predicted octanol–water partition coefficient (Wildman–Crippen LogP) is 4.11. The van der Waals surface area contributed by atoms with Crippen LogP contribution in [-0.2, 0) is 0 Å². The number of nitrogens with one attached hydrogen (secondary N) is 2. The molecule has 0 spiro atoms. The topological polar surface area (TPSA) is 85.4 Å².